The molecule has 4 nitrogen and oxygen atoms in total. The topological polar surface area (TPSA) is 13.0 Å². The number of rotatable bonds is 6. The Kier molecular flexibility index (Phi) is 9.11. The van der Waals surface area contributed by atoms with Gasteiger partial charge in [-0.1, -0.05) is 159 Å². The zero-order valence-corrected chi connectivity index (χ0v) is 41.6. The maximum absolute atomic E-state index is 2.60. The van der Waals surface area contributed by atoms with Gasteiger partial charge in [0.15, 0.2) is 0 Å². The third-order valence-electron chi connectivity index (χ3n) is 14.9. The van der Waals surface area contributed by atoms with Gasteiger partial charge in [-0.05, 0) is 130 Å². The van der Waals surface area contributed by atoms with Gasteiger partial charge in [-0.3, -0.25) is 0 Å². The molecular weight excluding hydrogens is 854 g/mol. The van der Waals surface area contributed by atoms with Crippen LogP contribution in [0.5, 0.6) is 0 Å². The monoisotopic (exact) mass is 906 g/mol. The second-order valence-electron chi connectivity index (χ2n) is 21.0. The van der Waals surface area contributed by atoms with Gasteiger partial charge in [0.1, 0.15) is 0 Å². The van der Waals surface area contributed by atoms with E-state index in [0.717, 1.165) is 11.4 Å². The standard InChI is InChI=1S/C60H52B2N4Si2/c1-67(2,3)45-35-31-43(32-36-45)65-55-29-17-27-53-59(55)61(47-23-13-15-25-51(47)63(53)41-19-9-7-10-20-41)49-40-58-50(39-57(49)65)62-48-24-14-16-26-52(48)64(42-21-11-8-12-22-42)54-28-18-30-56(60(54)62)66(58)44-33-37-46(38-34-44)68(4,5)6/h7-40H,1-6H3. The van der Waals surface area contributed by atoms with Crippen LogP contribution in [0.25, 0.3) is 0 Å². The van der Waals surface area contributed by atoms with E-state index in [0.29, 0.717) is 0 Å². The van der Waals surface area contributed by atoms with Crippen molar-refractivity contribution in [1.82, 2.24) is 0 Å². The fourth-order valence-corrected chi connectivity index (χ4v) is 14.1. The average molecular weight is 907 g/mol. The van der Waals surface area contributed by atoms with E-state index in [1.165, 1.54) is 100 Å². The van der Waals surface area contributed by atoms with Gasteiger partial charge in [0.2, 0.25) is 0 Å². The SMILES string of the molecule is C[Si](C)(C)c1ccc(N2c3cc4c(cc3B3c5ccccc5N(c5ccccc5)c5cccc2c53)N(c2ccc([Si](C)(C)C)cc2)c2cccc3c2B4c2ccccc2N3c2ccccc2)cc1. The summed E-state index contributed by atoms with van der Waals surface area (Å²) in [6.45, 7) is 14.6. The first-order valence-electron chi connectivity index (χ1n) is 24.2. The molecule has 4 aliphatic heterocycles. The van der Waals surface area contributed by atoms with E-state index >= 15 is 0 Å². The van der Waals surface area contributed by atoms with Crippen LogP contribution >= 0.6 is 0 Å². The highest BCUT2D eigenvalue weighted by atomic mass is 28.3. The van der Waals surface area contributed by atoms with Crippen molar-refractivity contribution >= 4 is 141 Å². The maximum atomic E-state index is 2.60. The first-order chi connectivity index (χ1) is 33.0. The number of benzene rings is 9. The second-order valence-corrected chi connectivity index (χ2v) is 31.1. The second kappa shape index (κ2) is 15.1. The molecule has 326 valence electrons. The van der Waals surface area contributed by atoms with Gasteiger partial charge >= 0.3 is 0 Å². The lowest BCUT2D eigenvalue weighted by molar-refractivity contribution is 1.24. The molecule has 0 amide bonds. The summed E-state index contributed by atoms with van der Waals surface area (Å²) in [5, 5.41) is 2.92. The predicted molar refractivity (Wildman–Crippen MR) is 300 cm³/mol. The molecule has 0 atom stereocenters. The summed E-state index contributed by atoms with van der Waals surface area (Å²) in [5.74, 6) is 0. The molecular formula is C60H52B2N4Si2. The van der Waals surface area contributed by atoms with Crippen LogP contribution in [0.15, 0.2) is 206 Å². The number of fused-ring (bicyclic) bond motifs is 8. The Morgan fingerprint density at radius 1 is 0.265 bits per heavy atom. The van der Waals surface area contributed by atoms with Crippen molar-refractivity contribution in [3.63, 3.8) is 0 Å². The Labute approximate surface area is 404 Å². The normalized spacial score (nSPS) is 14.1. The highest BCUT2D eigenvalue weighted by Crippen LogP contribution is 2.47. The highest BCUT2D eigenvalue weighted by Gasteiger charge is 2.48. The van der Waals surface area contributed by atoms with Gasteiger partial charge in [0.25, 0.3) is 13.4 Å². The Hall–Kier alpha value is -7.26. The summed E-state index contributed by atoms with van der Waals surface area (Å²) in [5.41, 5.74) is 22.4. The van der Waals surface area contributed by atoms with E-state index in [-0.39, 0.29) is 13.4 Å². The van der Waals surface area contributed by atoms with E-state index in [1.54, 1.807) is 0 Å². The van der Waals surface area contributed by atoms with Crippen LogP contribution in [0.3, 0.4) is 0 Å². The van der Waals surface area contributed by atoms with Crippen LogP contribution in [0.1, 0.15) is 0 Å². The summed E-state index contributed by atoms with van der Waals surface area (Å²) in [7, 11) is -3.14. The van der Waals surface area contributed by atoms with Gasteiger partial charge in [-0.2, -0.15) is 0 Å². The van der Waals surface area contributed by atoms with E-state index in [2.05, 4.69) is 265 Å². The lowest BCUT2D eigenvalue weighted by Crippen LogP contribution is -2.64. The summed E-state index contributed by atoms with van der Waals surface area (Å²) in [4.78, 5) is 10.2. The van der Waals surface area contributed by atoms with Crippen LogP contribution < -0.4 is 62.7 Å². The number of hydrogen-bond donors (Lipinski definition) is 0. The maximum Gasteiger partial charge on any atom is 0.252 e. The molecule has 0 aromatic heterocycles. The van der Waals surface area contributed by atoms with E-state index < -0.39 is 16.1 Å². The number of anilines is 12. The summed E-state index contributed by atoms with van der Waals surface area (Å²) in [6, 6.07) is 78.4. The molecule has 9 aromatic carbocycles. The quantitative estimate of drug-likeness (QED) is 0.154. The molecule has 0 saturated carbocycles. The molecule has 68 heavy (non-hydrogen) atoms. The Balaban J connectivity index is 1.13. The van der Waals surface area contributed by atoms with Crippen molar-refractivity contribution in [1.29, 1.82) is 0 Å². The fourth-order valence-electron chi connectivity index (χ4n) is 11.7. The van der Waals surface area contributed by atoms with Gasteiger partial charge in [-0.25, -0.2) is 0 Å². The molecule has 0 saturated heterocycles. The van der Waals surface area contributed by atoms with Crippen LogP contribution in [-0.4, -0.2) is 29.6 Å². The zero-order valence-electron chi connectivity index (χ0n) is 39.6. The van der Waals surface area contributed by atoms with Crippen molar-refractivity contribution in [2.45, 2.75) is 39.3 Å². The van der Waals surface area contributed by atoms with E-state index in [9.17, 15) is 0 Å². The number of hydrogen-bond acceptors (Lipinski definition) is 4. The van der Waals surface area contributed by atoms with Gasteiger partial charge in [-0.15, -0.1) is 0 Å². The number of para-hydroxylation sites is 4. The van der Waals surface area contributed by atoms with Gasteiger partial charge in [0.05, 0.1) is 16.1 Å². The molecule has 4 heterocycles. The van der Waals surface area contributed by atoms with Crippen LogP contribution in [0, 0.1) is 0 Å². The molecule has 0 bridgehead atoms. The van der Waals surface area contributed by atoms with Crippen molar-refractivity contribution in [3.05, 3.63) is 206 Å². The minimum Gasteiger partial charge on any atom is -0.311 e. The van der Waals surface area contributed by atoms with Crippen LogP contribution in [0.4, 0.5) is 68.2 Å². The molecule has 0 unspecified atom stereocenters. The molecule has 13 rings (SSSR count). The molecule has 0 aliphatic carbocycles. The molecule has 9 aromatic rings. The van der Waals surface area contributed by atoms with Crippen molar-refractivity contribution < 1.29 is 0 Å². The lowest BCUT2D eigenvalue weighted by atomic mass is 9.31. The Morgan fingerprint density at radius 3 is 0.912 bits per heavy atom. The van der Waals surface area contributed by atoms with Crippen LogP contribution in [0.2, 0.25) is 39.3 Å². The largest absolute Gasteiger partial charge is 0.311 e. The van der Waals surface area contributed by atoms with Crippen molar-refractivity contribution in [2.75, 3.05) is 19.6 Å². The molecule has 0 fully saturated rings. The lowest BCUT2D eigenvalue weighted by Gasteiger charge is -2.47. The molecule has 0 spiro atoms. The third-order valence-corrected chi connectivity index (χ3v) is 19.1. The number of nitrogens with zero attached hydrogens (tertiary/aromatic N) is 4. The van der Waals surface area contributed by atoms with E-state index in [1.807, 2.05) is 0 Å². The first kappa shape index (κ1) is 41.0. The summed E-state index contributed by atoms with van der Waals surface area (Å²) in [6.07, 6.45) is 0. The Bertz CT molecular complexity index is 3230. The van der Waals surface area contributed by atoms with Gasteiger partial charge in [0, 0.05) is 68.2 Å². The Morgan fingerprint density at radius 2 is 0.559 bits per heavy atom. The molecule has 0 N–H and O–H groups in total. The van der Waals surface area contributed by atoms with Crippen LogP contribution in [-0.2, 0) is 0 Å². The van der Waals surface area contributed by atoms with Crippen molar-refractivity contribution in [3.8, 4) is 0 Å². The first-order valence-corrected chi connectivity index (χ1v) is 31.2. The zero-order chi connectivity index (χ0) is 46.1. The summed E-state index contributed by atoms with van der Waals surface area (Å²) < 4.78 is 0. The minimum atomic E-state index is -1.57. The third kappa shape index (κ3) is 6.13. The summed E-state index contributed by atoms with van der Waals surface area (Å²) >= 11 is 0. The molecule has 8 heteroatoms. The average Bonchev–Trinajstić information content (AvgIpc) is 3.36. The molecule has 0 radical (unpaired) electrons. The highest BCUT2D eigenvalue weighted by molar-refractivity contribution is 7.02. The minimum absolute atomic E-state index is 0.00812. The fraction of sp³-hybridized carbons (Fsp3) is 0.100. The van der Waals surface area contributed by atoms with Gasteiger partial charge < -0.3 is 19.6 Å². The molecule has 4 aliphatic rings. The predicted octanol–water partition coefficient (Wildman–Crippen LogP) is 10.9. The smallest absolute Gasteiger partial charge is 0.252 e. The van der Waals surface area contributed by atoms with E-state index in [4.69, 9.17) is 0 Å². The van der Waals surface area contributed by atoms with Crippen molar-refractivity contribution in [2.24, 2.45) is 0 Å².